The van der Waals surface area contributed by atoms with Crippen LogP contribution in [0.25, 0.3) is 5.69 Å². The van der Waals surface area contributed by atoms with E-state index in [1.807, 2.05) is 61.0 Å². The van der Waals surface area contributed by atoms with Crippen LogP contribution >= 0.6 is 11.6 Å². The molecule has 1 aliphatic heterocycles. The Morgan fingerprint density at radius 3 is 2.61 bits per heavy atom. The van der Waals surface area contributed by atoms with Crippen LogP contribution in [0.4, 0.5) is 0 Å². The van der Waals surface area contributed by atoms with E-state index < -0.39 is 0 Å². The molecule has 1 N–H and O–H groups in total. The van der Waals surface area contributed by atoms with Crippen LogP contribution in [-0.4, -0.2) is 33.5 Å². The van der Waals surface area contributed by atoms with Gasteiger partial charge in [0, 0.05) is 11.2 Å². The van der Waals surface area contributed by atoms with Crippen molar-refractivity contribution >= 4 is 17.4 Å². The number of rotatable bonds is 4. The molecular weight excluding hydrogens is 378 g/mol. The van der Waals surface area contributed by atoms with Crippen molar-refractivity contribution in [1.29, 1.82) is 0 Å². The minimum atomic E-state index is -0.212. The van der Waals surface area contributed by atoms with E-state index in [9.17, 15) is 0 Å². The van der Waals surface area contributed by atoms with Crippen molar-refractivity contribution in [2.75, 3.05) is 7.11 Å². The Labute approximate surface area is 168 Å². The molecule has 144 valence electrons. The molecule has 3 heterocycles. The fourth-order valence-electron chi connectivity index (χ4n) is 3.11. The number of aryl methyl sites for hydroxylation is 1. The molecule has 1 aromatic carbocycles. The van der Waals surface area contributed by atoms with Gasteiger partial charge in [0.2, 0.25) is 5.88 Å². The molecular formula is C20H20ClN5O2. The quantitative estimate of drug-likeness (QED) is 0.727. The number of oxime groups is 1. The van der Waals surface area contributed by atoms with Gasteiger partial charge in [-0.2, -0.15) is 0 Å². The second-order valence-electron chi connectivity index (χ2n) is 6.60. The molecule has 0 bridgehead atoms. The van der Waals surface area contributed by atoms with Crippen LogP contribution in [0.1, 0.15) is 30.0 Å². The molecule has 8 heteroatoms. The number of hydrogen-bond donors (Lipinski definition) is 1. The minimum Gasteiger partial charge on any atom is -0.479 e. The van der Waals surface area contributed by atoms with Crippen molar-refractivity contribution in [3.05, 3.63) is 70.9 Å². The third-order valence-corrected chi connectivity index (χ3v) is 4.79. The molecule has 2 atom stereocenters. The maximum absolute atomic E-state index is 5.97. The van der Waals surface area contributed by atoms with Crippen LogP contribution < -0.4 is 10.1 Å². The first-order valence-corrected chi connectivity index (χ1v) is 9.25. The lowest BCUT2D eigenvalue weighted by molar-refractivity contribution is 0.0250. The van der Waals surface area contributed by atoms with Gasteiger partial charge in [0.1, 0.15) is 11.4 Å². The van der Waals surface area contributed by atoms with Gasteiger partial charge >= 0.3 is 0 Å². The van der Waals surface area contributed by atoms with E-state index >= 15 is 0 Å². The third-order valence-electron chi connectivity index (χ3n) is 4.54. The molecule has 0 amide bonds. The topological polar surface area (TPSA) is 73.6 Å². The molecule has 4 rings (SSSR count). The predicted octanol–water partition coefficient (Wildman–Crippen LogP) is 3.65. The fraction of sp³-hybridized carbons (Fsp3) is 0.250. The second kappa shape index (κ2) is 7.52. The third kappa shape index (κ3) is 3.53. The van der Waals surface area contributed by atoms with Crippen molar-refractivity contribution in [3.8, 4) is 11.6 Å². The standard InChI is InChI=1S/C20H20ClN5O2/c1-12-10-26(11-22-12)17-9-8-16(24-20(17)27-3)19-23-13(2)18(28-25-19)14-4-6-15(21)7-5-14/h4-11,13,18H,1-3H3,(H,23,25). The summed E-state index contributed by atoms with van der Waals surface area (Å²) in [6, 6.07) is 11.4. The molecule has 0 saturated carbocycles. The maximum Gasteiger partial charge on any atom is 0.238 e. The van der Waals surface area contributed by atoms with E-state index in [0.29, 0.717) is 22.4 Å². The smallest absolute Gasteiger partial charge is 0.238 e. The van der Waals surface area contributed by atoms with E-state index in [1.54, 1.807) is 13.4 Å². The Hall–Kier alpha value is -3.06. The Balaban J connectivity index is 1.60. The highest BCUT2D eigenvalue weighted by Gasteiger charge is 2.28. The van der Waals surface area contributed by atoms with Crippen LogP contribution in [0.5, 0.6) is 5.88 Å². The number of benzene rings is 1. The average molecular weight is 398 g/mol. The molecule has 0 spiro atoms. The second-order valence-corrected chi connectivity index (χ2v) is 7.03. The summed E-state index contributed by atoms with van der Waals surface area (Å²) >= 11 is 5.97. The van der Waals surface area contributed by atoms with Gasteiger partial charge in [-0.3, -0.25) is 0 Å². The highest BCUT2D eigenvalue weighted by atomic mass is 35.5. The first-order valence-electron chi connectivity index (χ1n) is 8.87. The first-order chi connectivity index (χ1) is 13.5. The van der Waals surface area contributed by atoms with E-state index in [0.717, 1.165) is 16.9 Å². The summed E-state index contributed by atoms with van der Waals surface area (Å²) < 4.78 is 7.34. The van der Waals surface area contributed by atoms with Crippen molar-refractivity contribution in [2.24, 2.45) is 5.16 Å². The lowest BCUT2D eigenvalue weighted by Crippen LogP contribution is -2.42. The number of ether oxygens (including phenoxy) is 1. The number of nitrogens with zero attached hydrogens (tertiary/aromatic N) is 4. The van der Waals surface area contributed by atoms with Crippen LogP contribution in [-0.2, 0) is 4.84 Å². The summed E-state index contributed by atoms with van der Waals surface area (Å²) in [5.41, 5.74) is 3.36. The molecule has 0 fully saturated rings. The van der Waals surface area contributed by atoms with Crippen molar-refractivity contribution < 1.29 is 9.57 Å². The van der Waals surface area contributed by atoms with Crippen LogP contribution in [0.15, 0.2) is 54.1 Å². The largest absolute Gasteiger partial charge is 0.479 e. The van der Waals surface area contributed by atoms with Crippen LogP contribution in [0, 0.1) is 6.92 Å². The maximum atomic E-state index is 5.97. The molecule has 2 unspecified atom stereocenters. The molecule has 7 nitrogen and oxygen atoms in total. The average Bonchev–Trinajstić information content (AvgIpc) is 3.14. The number of imidazole rings is 1. The van der Waals surface area contributed by atoms with E-state index in [4.69, 9.17) is 21.2 Å². The van der Waals surface area contributed by atoms with E-state index in [2.05, 4.69) is 20.4 Å². The lowest BCUT2D eigenvalue weighted by Gasteiger charge is -2.29. The molecule has 0 radical (unpaired) electrons. The number of aromatic nitrogens is 3. The number of halogens is 1. The van der Waals surface area contributed by atoms with E-state index in [-0.39, 0.29) is 12.1 Å². The molecule has 3 aromatic rings. The Kier molecular flexibility index (Phi) is 4.92. The van der Waals surface area contributed by atoms with Gasteiger partial charge in [-0.1, -0.05) is 28.9 Å². The molecule has 1 aliphatic rings. The number of methoxy groups -OCH3 is 1. The molecule has 28 heavy (non-hydrogen) atoms. The number of pyridine rings is 1. The summed E-state index contributed by atoms with van der Waals surface area (Å²) in [6.07, 6.45) is 3.43. The predicted molar refractivity (Wildman–Crippen MR) is 107 cm³/mol. The van der Waals surface area contributed by atoms with Gasteiger partial charge < -0.3 is 19.5 Å². The van der Waals surface area contributed by atoms with Gasteiger partial charge in [-0.25, -0.2) is 9.97 Å². The summed E-state index contributed by atoms with van der Waals surface area (Å²) in [5, 5.41) is 8.30. The Morgan fingerprint density at radius 2 is 1.96 bits per heavy atom. The van der Waals surface area contributed by atoms with Crippen molar-refractivity contribution in [1.82, 2.24) is 19.9 Å². The lowest BCUT2D eigenvalue weighted by atomic mass is 10.0. The van der Waals surface area contributed by atoms with E-state index in [1.165, 1.54) is 0 Å². The zero-order valence-corrected chi connectivity index (χ0v) is 16.5. The zero-order chi connectivity index (χ0) is 19.7. The molecule has 2 aromatic heterocycles. The van der Waals surface area contributed by atoms with Gasteiger partial charge in [-0.05, 0) is 43.7 Å². The van der Waals surface area contributed by atoms with Crippen molar-refractivity contribution in [2.45, 2.75) is 26.0 Å². The monoisotopic (exact) mass is 397 g/mol. The summed E-state index contributed by atoms with van der Waals surface area (Å²) in [7, 11) is 1.59. The number of nitrogens with one attached hydrogen (secondary N) is 1. The molecule has 0 aliphatic carbocycles. The summed E-state index contributed by atoms with van der Waals surface area (Å²) in [6.45, 7) is 3.97. The Morgan fingerprint density at radius 1 is 1.18 bits per heavy atom. The highest BCUT2D eigenvalue weighted by molar-refractivity contribution is 6.30. The molecule has 0 saturated heterocycles. The highest BCUT2D eigenvalue weighted by Crippen LogP contribution is 2.27. The van der Waals surface area contributed by atoms with Gasteiger partial charge in [0.25, 0.3) is 0 Å². The zero-order valence-electron chi connectivity index (χ0n) is 15.8. The Bertz CT molecular complexity index is 1020. The van der Waals surface area contributed by atoms with Gasteiger partial charge in [0.15, 0.2) is 11.9 Å². The fourth-order valence-corrected chi connectivity index (χ4v) is 3.23. The number of amidine groups is 1. The van der Waals surface area contributed by atoms with Gasteiger partial charge in [0.05, 0.1) is 25.2 Å². The minimum absolute atomic E-state index is 0.00237. The van der Waals surface area contributed by atoms with Crippen LogP contribution in [0.3, 0.4) is 0 Å². The first kappa shape index (κ1) is 18.3. The SMILES string of the molecule is COc1nc(C2=NOC(c3ccc(Cl)cc3)C(C)N2)ccc1-n1cnc(C)c1. The van der Waals surface area contributed by atoms with Crippen molar-refractivity contribution in [3.63, 3.8) is 0 Å². The van der Waals surface area contributed by atoms with Crippen LogP contribution in [0.2, 0.25) is 5.02 Å². The number of hydrogen-bond acceptors (Lipinski definition) is 6. The summed E-state index contributed by atoms with van der Waals surface area (Å²) in [5.74, 6) is 1.04. The normalized spacial score (nSPS) is 18.8. The van der Waals surface area contributed by atoms with Gasteiger partial charge in [-0.15, -0.1) is 0 Å². The summed E-state index contributed by atoms with van der Waals surface area (Å²) in [4.78, 5) is 14.6.